The van der Waals surface area contributed by atoms with E-state index < -0.39 is 29.6 Å². The van der Waals surface area contributed by atoms with Crippen molar-refractivity contribution in [3.8, 4) is 11.5 Å². The zero-order valence-electron chi connectivity index (χ0n) is 17.4. The molecule has 1 aliphatic heterocycles. The molecular formula is C22H17Cl2NO7S. The Balaban J connectivity index is 1.85. The van der Waals surface area contributed by atoms with Gasteiger partial charge in [-0.3, -0.25) is 19.3 Å². The van der Waals surface area contributed by atoms with E-state index in [1.807, 2.05) is 0 Å². The fourth-order valence-corrected chi connectivity index (χ4v) is 4.13. The zero-order chi connectivity index (χ0) is 24.1. The van der Waals surface area contributed by atoms with Crippen LogP contribution in [0.1, 0.15) is 22.8 Å². The van der Waals surface area contributed by atoms with E-state index in [2.05, 4.69) is 0 Å². The van der Waals surface area contributed by atoms with Gasteiger partial charge in [-0.2, -0.15) is 0 Å². The van der Waals surface area contributed by atoms with Crippen LogP contribution in [0.3, 0.4) is 0 Å². The third-order valence-corrected chi connectivity index (χ3v) is 5.82. The lowest BCUT2D eigenvalue weighted by molar-refractivity contribution is -0.145. The lowest BCUT2D eigenvalue weighted by Crippen LogP contribution is -2.34. The first-order valence-electron chi connectivity index (χ1n) is 9.50. The second kappa shape index (κ2) is 10.7. The van der Waals surface area contributed by atoms with Gasteiger partial charge in [0.2, 0.25) is 0 Å². The van der Waals surface area contributed by atoms with Gasteiger partial charge in [-0.25, -0.2) is 4.79 Å². The van der Waals surface area contributed by atoms with Crippen LogP contribution in [0.15, 0.2) is 41.3 Å². The molecule has 33 heavy (non-hydrogen) atoms. The van der Waals surface area contributed by atoms with Crippen molar-refractivity contribution >= 4 is 64.1 Å². The van der Waals surface area contributed by atoms with Crippen molar-refractivity contribution in [3.05, 3.63) is 62.5 Å². The van der Waals surface area contributed by atoms with Crippen LogP contribution in [0, 0.1) is 0 Å². The van der Waals surface area contributed by atoms with Crippen molar-refractivity contribution in [3.63, 3.8) is 0 Å². The number of benzene rings is 2. The average molecular weight is 510 g/mol. The summed E-state index contributed by atoms with van der Waals surface area (Å²) in [6, 6.07) is 9.30. The zero-order valence-corrected chi connectivity index (χ0v) is 19.8. The molecule has 0 aliphatic carbocycles. The minimum Gasteiger partial charge on any atom is -0.493 e. The Morgan fingerprint density at radius 2 is 1.85 bits per heavy atom. The van der Waals surface area contributed by atoms with Gasteiger partial charge >= 0.3 is 11.9 Å². The molecule has 1 saturated heterocycles. The van der Waals surface area contributed by atoms with Crippen LogP contribution >= 0.6 is 35.0 Å². The largest absolute Gasteiger partial charge is 0.493 e. The molecule has 0 unspecified atom stereocenters. The number of ether oxygens (including phenoxy) is 3. The summed E-state index contributed by atoms with van der Waals surface area (Å²) < 4.78 is 15.5. The van der Waals surface area contributed by atoms with Crippen LogP contribution in [0.25, 0.3) is 6.08 Å². The third-order valence-electron chi connectivity index (χ3n) is 4.30. The topological polar surface area (TPSA) is 99.2 Å². The van der Waals surface area contributed by atoms with Gasteiger partial charge in [0, 0.05) is 0 Å². The van der Waals surface area contributed by atoms with Gasteiger partial charge in [-0.15, -0.1) is 0 Å². The first kappa shape index (κ1) is 24.6. The highest BCUT2D eigenvalue weighted by molar-refractivity contribution is 8.18. The first-order valence-corrected chi connectivity index (χ1v) is 11.1. The van der Waals surface area contributed by atoms with Crippen molar-refractivity contribution in [2.75, 3.05) is 20.3 Å². The predicted octanol–water partition coefficient (Wildman–Crippen LogP) is 4.82. The number of halogens is 2. The molecule has 172 valence electrons. The van der Waals surface area contributed by atoms with Crippen molar-refractivity contribution in [1.29, 1.82) is 0 Å². The second-order valence-electron chi connectivity index (χ2n) is 6.48. The number of imide groups is 1. The number of methoxy groups -OCH3 is 1. The minimum atomic E-state index is -0.728. The Labute approximate surface area is 203 Å². The number of hydrogen-bond donors (Lipinski definition) is 0. The molecule has 2 aromatic rings. The van der Waals surface area contributed by atoms with Gasteiger partial charge in [-0.1, -0.05) is 35.3 Å². The summed E-state index contributed by atoms with van der Waals surface area (Å²) in [5.41, 5.74) is 0.563. The Morgan fingerprint density at radius 1 is 1.12 bits per heavy atom. The van der Waals surface area contributed by atoms with E-state index in [0.717, 1.165) is 4.90 Å². The van der Waals surface area contributed by atoms with E-state index >= 15 is 0 Å². The highest BCUT2D eigenvalue weighted by Crippen LogP contribution is 2.39. The minimum absolute atomic E-state index is 0.0309. The van der Waals surface area contributed by atoms with Crippen LogP contribution in [-0.4, -0.2) is 48.2 Å². The average Bonchev–Trinajstić information content (AvgIpc) is 3.03. The molecule has 1 fully saturated rings. The molecule has 11 heteroatoms. The summed E-state index contributed by atoms with van der Waals surface area (Å²) in [6.45, 7) is 1.28. The number of carbonyl (C=O) groups is 4. The maximum atomic E-state index is 12.6. The van der Waals surface area contributed by atoms with Crippen molar-refractivity contribution in [2.24, 2.45) is 0 Å². The Morgan fingerprint density at radius 3 is 2.52 bits per heavy atom. The molecule has 0 spiro atoms. The molecule has 0 bridgehead atoms. The predicted molar refractivity (Wildman–Crippen MR) is 124 cm³/mol. The third kappa shape index (κ3) is 5.68. The molecule has 2 amide bonds. The summed E-state index contributed by atoms with van der Waals surface area (Å²) in [7, 11) is 1.36. The summed E-state index contributed by atoms with van der Waals surface area (Å²) in [5, 5.41) is -0.345. The van der Waals surface area contributed by atoms with Crippen molar-refractivity contribution < 1.29 is 33.4 Å². The van der Waals surface area contributed by atoms with Crippen LogP contribution < -0.4 is 9.47 Å². The Hall–Kier alpha value is -3.01. The van der Waals surface area contributed by atoms with E-state index in [4.69, 9.17) is 37.4 Å². The Bertz CT molecular complexity index is 1170. The molecule has 1 heterocycles. The monoisotopic (exact) mass is 509 g/mol. The SMILES string of the molecule is CCOC(=O)CN1C(=O)S/C(=C\c2cc(Cl)c(OC(=O)c3ccccc3Cl)c(OC)c2)C1=O. The number of rotatable bonds is 7. The highest BCUT2D eigenvalue weighted by Gasteiger charge is 2.36. The normalized spacial score (nSPS) is 14.5. The lowest BCUT2D eigenvalue weighted by Gasteiger charge is -2.13. The number of carbonyl (C=O) groups excluding carboxylic acids is 4. The Kier molecular flexibility index (Phi) is 8.01. The standard InChI is InChI=1S/C22H17Cl2NO7S/c1-3-31-18(26)11-25-20(27)17(33-22(25)29)10-12-8-15(24)19(16(9-12)30-2)32-21(28)13-6-4-5-7-14(13)23/h4-10H,3,11H2,1-2H3/b17-10-. The summed E-state index contributed by atoms with van der Waals surface area (Å²) in [4.78, 5) is 49.8. The van der Waals surface area contributed by atoms with Gasteiger partial charge < -0.3 is 14.2 Å². The smallest absolute Gasteiger partial charge is 0.345 e. The first-order chi connectivity index (χ1) is 15.7. The van der Waals surface area contributed by atoms with E-state index in [1.165, 1.54) is 31.4 Å². The molecule has 0 radical (unpaired) electrons. The molecule has 2 aromatic carbocycles. The lowest BCUT2D eigenvalue weighted by atomic mass is 10.1. The van der Waals surface area contributed by atoms with Gasteiger partial charge in [-0.05, 0) is 54.6 Å². The molecule has 3 rings (SSSR count). The molecule has 0 N–H and O–H groups in total. The quantitative estimate of drug-likeness (QED) is 0.297. The fraction of sp³-hybridized carbons (Fsp3) is 0.182. The summed E-state index contributed by atoms with van der Waals surface area (Å²) in [5.74, 6) is -1.96. The van der Waals surface area contributed by atoms with Crippen molar-refractivity contribution in [2.45, 2.75) is 6.92 Å². The van der Waals surface area contributed by atoms with Gasteiger partial charge in [0.05, 0.1) is 34.2 Å². The number of nitrogens with zero attached hydrogens (tertiary/aromatic N) is 1. The van der Waals surface area contributed by atoms with Gasteiger partial charge in [0.15, 0.2) is 11.5 Å². The molecule has 0 aromatic heterocycles. The van der Waals surface area contributed by atoms with E-state index in [-0.39, 0.29) is 38.6 Å². The fourth-order valence-electron chi connectivity index (χ4n) is 2.82. The number of hydrogen-bond acceptors (Lipinski definition) is 8. The van der Waals surface area contributed by atoms with E-state index in [1.54, 1.807) is 25.1 Å². The maximum Gasteiger partial charge on any atom is 0.345 e. The maximum absolute atomic E-state index is 12.6. The summed E-state index contributed by atoms with van der Waals surface area (Å²) in [6.07, 6.45) is 1.42. The van der Waals surface area contributed by atoms with Crippen molar-refractivity contribution in [1.82, 2.24) is 4.90 Å². The summed E-state index contributed by atoms with van der Waals surface area (Å²) >= 11 is 13.0. The molecule has 8 nitrogen and oxygen atoms in total. The second-order valence-corrected chi connectivity index (χ2v) is 8.28. The van der Waals surface area contributed by atoms with Crippen LogP contribution in [-0.2, 0) is 14.3 Å². The van der Waals surface area contributed by atoms with E-state index in [0.29, 0.717) is 17.3 Å². The highest BCUT2D eigenvalue weighted by atomic mass is 35.5. The van der Waals surface area contributed by atoms with E-state index in [9.17, 15) is 19.2 Å². The molecule has 0 saturated carbocycles. The number of esters is 2. The van der Waals surface area contributed by atoms with Crippen LogP contribution in [0.5, 0.6) is 11.5 Å². The number of thioether (sulfide) groups is 1. The number of amides is 2. The van der Waals surface area contributed by atoms with Crippen LogP contribution in [0.2, 0.25) is 10.0 Å². The molecular weight excluding hydrogens is 493 g/mol. The van der Waals surface area contributed by atoms with Crippen LogP contribution in [0.4, 0.5) is 4.79 Å². The van der Waals surface area contributed by atoms with Gasteiger partial charge in [0.25, 0.3) is 11.1 Å². The molecule has 0 atom stereocenters. The van der Waals surface area contributed by atoms with Gasteiger partial charge in [0.1, 0.15) is 6.54 Å². The molecule has 1 aliphatic rings.